The summed E-state index contributed by atoms with van der Waals surface area (Å²) >= 11 is 3.29. The molecule has 1 N–H and O–H groups in total. The van der Waals surface area contributed by atoms with Crippen LogP contribution < -0.4 is 5.32 Å². The fraction of sp³-hybridized carbons (Fsp3) is 0.600. The topological polar surface area (TPSA) is 56.3 Å². The maximum atomic E-state index is 5.93. The van der Waals surface area contributed by atoms with Gasteiger partial charge in [-0.05, 0) is 25.7 Å². The summed E-state index contributed by atoms with van der Waals surface area (Å²) in [5.41, 5.74) is 1.20. The summed E-state index contributed by atoms with van der Waals surface area (Å²) in [6.45, 7) is 6.32. The highest BCUT2D eigenvalue weighted by Gasteiger charge is 2.30. The Labute approximate surface area is 138 Å². The van der Waals surface area contributed by atoms with E-state index in [1.54, 1.807) is 30.2 Å². The van der Waals surface area contributed by atoms with Crippen molar-refractivity contribution in [3.63, 3.8) is 0 Å². The third-order valence-corrected chi connectivity index (χ3v) is 5.34. The minimum absolute atomic E-state index is 0.136. The Balaban J connectivity index is 2.08. The second kappa shape index (κ2) is 6.31. The molecule has 0 radical (unpaired) electrons. The van der Waals surface area contributed by atoms with Gasteiger partial charge in [0.15, 0.2) is 5.16 Å². The summed E-state index contributed by atoms with van der Waals surface area (Å²) < 4.78 is 11.1. The molecule has 0 fully saturated rings. The highest BCUT2D eigenvalue weighted by molar-refractivity contribution is 7.98. The molecule has 0 saturated heterocycles. The fourth-order valence-corrected chi connectivity index (χ4v) is 4.14. The van der Waals surface area contributed by atoms with Crippen LogP contribution in [0, 0.1) is 0 Å². The molecule has 0 spiro atoms. The predicted octanol–water partition coefficient (Wildman–Crippen LogP) is 3.32. The molecular formula is C15H21N3O2S2. The van der Waals surface area contributed by atoms with Crippen molar-refractivity contribution in [2.45, 2.75) is 37.6 Å². The molecule has 0 saturated carbocycles. The number of methoxy groups -OCH3 is 1. The lowest BCUT2D eigenvalue weighted by molar-refractivity contribution is -0.0379. The number of nitrogens with one attached hydrogen (secondary N) is 1. The first kappa shape index (κ1) is 16.0. The first-order valence-electron chi connectivity index (χ1n) is 7.27. The monoisotopic (exact) mass is 339 g/mol. The first-order valence-corrected chi connectivity index (χ1v) is 9.31. The highest BCUT2D eigenvalue weighted by atomic mass is 32.2. The molecule has 120 valence electrons. The Bertz CT molecular complexity index is 685. The number of hydrogen-bond acceptors (Lipinski definition) is 7. The average Bonchev–Trinajstić information content (AvgIpc) is 2.83. The van der Waals surface area contributed by atoms with Crippen molar-refractivity contribution >= 4 is 39.1 Å². The zero-order valence-electron chi connectivity index (χ0n) is 13.4. The molecule has 0 aromatic carbocycles. The lowest BCUT2D eigenvalue weighted by atomic mass is 9.94. The minimum Gasteiger partial charge on any atom is -0.383 e. The Morgan fingerprint density at radius 3 is 2.95 bits per heavy atom. The fourth-order valence-electron chi connectivity index (χ4n) is 2.62. The van der Waals surface area contributed by atoms with E-state index in [9.17, 15) is 0 Å². The summed E-state index contributed by atoms with van der Waals surface area (Å²) in [6.07, 6.45) is 2.89. The van der Waals surface area contributed by atoms with Gasteiger partial charge in [-0.15, -0.1) is 11.3 Å². The number of anilines is 1. The lowest BCUT2D eigenvalue weighted by Crippen LogP contribution is -2.31. The van der Waals surface area contributed by atoms with Gasteiger partial charge in [-0.1, -0.05) is 11.8 Å². The third-order valence-electron chi connectivity index (χ3n) is 3.69. The van der Waals surface area contributed by atoms with Crippen LogP contribution in [0.4, 0.5) is 5.82 Å². The number of hydrogen-bond donors (Lipinski definition) is 1. The van der Waals surface area contributed by atoms with Gasteiger partial charge in [-0.3, -0.25) is 0 Å². The second-order valence-electron chi connectivity index (χ2n) is 5.89. The van der Waals surface area contributed by atoms with Gasteiger partial charge in [0.2, 0.25) is 0 Å². The average molecular weight is 339 g/mol. The Morgan fingerprint density at radius 2 is 2.23 bits per heavy atom. The molecule has 3 heterocycles. The van der Waals surface area contributed by atoms with E-state index in [2.05, 4.69) is 29.1 Å². The van der Waals surface area contributed by atoms with Gasteiger partial charge >= 0.3 is 0 Å². The van der Waals surface area contributed by atoms with E-state index < -0.39 is 0 Å². The van der Waals surface area contributed by atoms with Crippen molar-refractivity contribution in [2.24, 2.45) is 0 Å². The van der Waals surface area contributed by atoms with E-state index in [0.717, 1.165) is 34.2 Å². The number of rotatable bonds is 5. The molecule has 1 aliphatic heterocycles. The van der Waals surface area contributed by atoms with E-state index in [1.807, 2.05) is 6.26 Å². The van der Waals surface area contributed by atoms with Crippen molar-refractivity contribution in [3.05, 3.63) is 10.4 Å². The van der Waals surface area contributed by atoms with Crippen molar-refractivity contribution in [1.29, 1.82) is 0 Å². The number of thiophene rings is 1. The van der Waals surface area contributed by atoms with Crippen molar-refractivity contribution < 1.29 is 9.47 Å². The molecule has 3 rings (SSSR count). The summed E-state index contributed by atoms with van der Waals surface area (Å²) in [7, 11) is 1.71. The van der Waals surface area contributed by atoms with Crippen LogP contribution in [0.2, 0.25) is 0 Å². The lowest BCUT2D eigenvalue weighted by Gasteiger charge is -2.30. The standard InChI is InChI=1S/C15H21N3O2S2/c1-15(2)7-9-10(8-20-15)22-13-11(9)12(16-5-6-19-3)17-14(18-13)21-4/h5-8H2,1-4H3,(H,16,17,18). The number of nitrogens with zero attached hydrogens (tertiary/aromatic N) is 2. The summed E-state index contributed by atoms with van der Waals surface area (Å²) in [6, 6.07) is 0. The molecule has 2 aromatic rings. The molecule has 22 heavy (non-hydrogen) atoms. The van der Waals surface area contributed by atoms with E-state index >= 15 is 0 Å². The van der Waals surface area contributed by atoms with E-state index in [4.69, 9.17) is 9.47 Å². The van der Waals surface area contributed by atoms with E-state index in [1.165, 1.54) is 10.4 Å². The third kappa shape index (κ3) is 3.08. The molecule has 2 aromatic heterocycles. The van der Waals surface area contributed by atoms with Gasteiger partial charge in [0, 0.05) is 25.0 Å². The van der Waals surface area contributed by atoms with Crippen molar-refractivity contribution in [3.8, 4) is 0 Å². The molecule has 1 aliphatic rings. The minimum atomic E-state index is -0.136. The van der Waals surface area contributed by atoms with E-state index in [-0.39, 0.29) is 5.60 Å². The number of fused-ring (bicyclic) bond motifs is 3. The molecule has 0 unspecified atom stereocenters. The Hall–Kier alpha value is -0.890. The van der Waals surface area contributed by atoms with Crippen molar-refractivity contribution in [1.82, 2.24) is 9.97 Å². The molecule has 0 amide bonds. The smallest absolute Gasteiger partial charge is 0.190 e. The number of aromatic nitrogens is 2. The van der Waals surface area contributed by atoms with Gasteiger partial charge in [0.25, 0.3) is 0 Å². The normalized spacial score (nSPS) is 16.7. The largest absolute Gasteiger partial charge is 0.383 e. The maximum absolute atomic E-state index is 5.93. The zero-order chi connectivity index (χ0) is 15.7. The Morgan fingerprint density at radius 1 is 1.41 bits per heavy atom. The van der Waals surface area contributed by atoms with Crippen LogP contribution in [0.5, 0.6) is 0 Å². The predicted molar refractivity (Wildman–Crippen MR) is 92.1 cm³/mol. The molecule has 5 nitrogen and oxygen atoms in total. The van der Waals surface area contributed by atoms with Crippen molar-refractivity contribution in [2.75, 3.05) is 31.8 Å². The van der Waals surface area contributed by atoms with Crippen LogP contribution in [-0.4, -0.2) is 42.1 Å². The maximum Gasteiger partial charge on any atom is 0.190 e. The first-order chi connectivity index (χ1) is 10.5. The van der Waals surface area contributed by atoms with Gasteiger partial charge in [0.1, 0.15) is 10.6 Å². The van der Waals surface area contributed by atoms with Crippen LogP contribution >= 0.6 is 23.1 Å². The van der Waals surface area contributed by atoms with Gasteiger partial charge in [0.05, 0.1) is 24.2 Å². The van der Waals surface area contributed by atoms with E-state index in [0.29, 0.717) is 13.2 Å². The summed E-state index contributed by atoms with van der Waals surface area (Å²) in [5, 5.41) is 5.36. The number of thioether (sulfide) groups is 1. The highest BCUT2D eigenvalue weighted by Crippen LogP contribution is 2.41. The Kier molecular flexibility index (Phi) is 4.59. The molecule has 0 bridgehead atoms. The van der Waals surface area contributed by atoms with Crippen LogP contribution in [0.3, 0.4) is 0 Å². The van der Waals surface area contributed by atoms with Gasteiger partial charge in [-0.2, -0.15) is 0 Å². The molecular weight excluding hydrogens is 318 g/mol. The summed E-state index contributed by atoms with van der Waals surface area (Å²) in [5.74, 6) is 0.918. The van der Waals surface area contributed by atoms with Crippen LogP contribution in [-0.2, 0) is 22.5 Å². The zero-order valence-corrected chi connectivity index (χ0v) is 15.0. The molecule has 0 aliphatic carbocycles. The van der Waals surface area contributed by atoms with Gasteiger partial charge in [-0.25, -0.2) is 9.97 Å². The summed E-state index contributed by atoms with van der Waals surface area (Å²) in [4.78, 5) is 11.7. The molecule has 0 atom stereocenters. The second-order valence-corrected chi connectivity index (χ2v) is 7.74. The van der Waals surface area contributed by atoms with Crippen LogP contribution in [0.1, 0.15) is 24.3 Å². The number of ether oxygens (including phenoxy) is 2. The van der Waals surface area contributed by atoms with Crippen LogP contribution in [0.15, 0.2) is 5.16 Å². The molecule has 7 heteroatoms. The SMILES string of the molecule is COCCNc1nc(SC)nc2sc3c(c12)CC(C)(C)OC3. The quantitative estimate of drug-likeness (QED) is 0.512. The van der Waals surface area contributed by atoms with Crippen LogP contribution in [0.25, 0.3) is 10.2 Å². The van der Waals surface area contributed by atoms with Gasteiger partial charge < -0.3 is 14.8 Å².